The highest BCUT2D eigenvalue weighted by atomic mass is 32.1. The third kappa shape index (κ3) is 2.41. The minimum atomic E-state index is 0.336. The van der Waals surface area contributed by atoms with Crippen LogP contribution in [0.4, 0.5) is 0 Å². The van der Waals surface area contributed by atoms with Crippen LogP contribution in [0.1, 0.15) is 23.5 Å². The molecule has 0 spiro atoms. The molecule has 14 heavy (non-hydrogen) atoms. The first-order valence-corrected chi connectivity index (χ1v) is 6.32. The van der Waals surface area contributed by atoms with Crippen molar-refractivity contribution in [2.24, 2.45) is 0 Å². The van der Waals surface area contributed by atoms with E-state index in [2.05, 4.69) is 40.1 Å². The number of rotatable bonds is 4. The Balaban J connectivity index is 1.87. The van der Waals surface area contributed by atoms with E-state index in [0.29, 0.717) is 6.04 Å². The SMILES string of the molecule is CC(NCc1cccs1)c1cscn1. The Labute approximate surface area is 91.6 Å². The standard InChI is InChI=1S/C10H12N2S2/c1-8(10-6-13-7-12-10)11-5-9-3-2-4-14-9/h2-4,6-8,11H,5H2,1H3. The van der Waals surface area contributed by atoms with Crippen molar-refractivity contribution in [3.05, 3.63) is 39.0 Å². The molecule has 0 aromatic carbocycles. The maximum atomic E-state index is 4.28. The van der Waals surface area contributed by atoms with E-state index in [1.807, 2.05) is 5.51 Å². The molecule has 0 bridgehead atoms. The maximum Gasteiger partial charge on any atom is 0.0795 e. The summed E-state index contributed by atoms with van der Waals surface area (Å²) >= 11 is 3.42. The minimum absolute atomic E-state index is 0.336. The number of thiazole rings is 1. The summed E-state index contributed by atoms with van der Waals surface area (Å²) in [6.45, 7) is 3.07. The predicted molar refractivity (Wildman–Crippen MR) is 61.7 cm³/mol. The largest absolute Gasteiger partial charge is 0.304 e. The molecule has 2 nitrogen and oxygen atoms in total. The van der Waals surface area contributed by atoms with E-state index in [9.17, 15) is 0 Å². The summed E-state index contributed by atoms with van der Waals surface area (Å²) in [5.41, 5.74) is 3.00. The molecule has 2 aromatic rings. The Bertz CT molecular complexity index is 353. The van der Waals surface area contributed by atoms with Crippen LogP contribution in [0.2, 0.25) is 0 Å². The summed E-state index contributed by atoms with van der Waals surface area (Å²) in [5.74, 6) is 0. The summed E-state index contributed by atoms with van der Waals surface area (Å²) in [4.78, 5) is 5.64. The van der Waals surface area contributed by atoms with Gasteiger partial charge in [-0.05, 0) is 18.4 Å². The smallest absolute Gasteiger partial charge is 0.0795 e. The van der Waals surface area contributed by atoms with Crippen molar-refractivity contribution < 1.29 is 0 Å². The fraction of sp³-hybridized carbons (Fsp3) is 0.300. The van der Waals surface area contributed by atoms with Crippen molar-refractivity contribution >= 4 is 22.7 Å². The van der Waals surface area contributed by atoms with E-state index in [4.69, 9.17) is 0 Å². The number of aromatic nitrogens is 1. The normalized spacial score (nSPS) is 12.9. The molecule has 74 valence electrons. The maximum absolute atomic E-state index is 4.28. The molecular weight excluding hydrogens is 212 g/mol. The third-order valence-corrected chi connectivity index (χ3v) is 3.54. The number of thiophene rings is 1. The zero-order chi connectivity index (χ0) is 9.80. The number of nitrogens with one attached hydrogen (secondary N) is 1. The van der Waals surface area contributed by atoms with Crippen LogP contribution >= 0.6 is 22.7 Å². The molecule has 2 heterocycles. The molecule has 2 aromatic heterocycles. The Hall–Kier alpha value is -0.710. The van der Waals surface area contributed by atoms with E-state index in [-0.39, 0.29) is 0 Å². The zero-order valence-corrected chi connectivity index (χ0v) is 9.57. The molecule has 0 amide bonds. The second kappa shape index (κ2) is 4.68. The molecule has 0 saturated heterocycles. The highest BCUT2D eigenvalue weighted by Crippen LogP contribution is 2.14. The summed E-state index contributed by atoms with van der Waals surface area (Å²) in [6.07, 6.45) is 0. The van der Waals surface area contributed by atoms with E-state index in [0.717, 1.165) is 12.2 Å². The van der Waals surface area contributed by atoms with Crippen molar-refractivity contribution in [3.8, 4) is 0 Å². The molecule has 0 radical (unpaired) electrons. The van der Waals surface area contributed by atoms with Crippen molar-refractivity contribution in [1.29, 1.82) is 0 Å². The lowest BCUT2D eigenvalue weighted by atomic mass is 10.2. The van der Waals surface area contributed by atoms with Gasteiger partial charge in [0.1, 0.15) is 0 Å². The summed E-state index contributed by atoms with van der Waals surface area (Å²) in [5, 5.41) is 7.63. The van der Waals surface area contributed by atoms with Gasteiger partial charge in [0.05, 0.1) is 11.2 Å². The van der Waals surface area contributed by atoms with Crippen LogP contribution in [0.3, 0.4) is 0 Å². The number of hydrogen-bond donors (Lipinski definition) is 1. The molecule has 0 saturated carbocycles. The summed E-state index contributed by atoms with van der Waals surface area (Å²) in [7, 11) is 0. The van der Waals surface area contributed by atoms with Gasteiger partial charge in [0.15, 0.2) is 0 Å². The molecule has 0 aliphatic carbocycles. The van der Waals surface area contributed by atoms with Crippen molar-refractivity contribution in [2.75, 3.05) is 0 Å². The van der Waals surface area contributed by atoms with Crippen LogP contribution in [0.5, 0.6) is 0 Å². The van der Waals surface area contributed by atoms with Gasteiger partial charge in [-0.25, -0.2) is 4.98 Å². The lowest BCUT2D eigenvalue weighted by Gasteiger charge is -2.09. The highest BCUT2D eigenvalue weighted by Gasteiger charge is 2.06. The van der Waals surface area contributed by atoms with Crippen LogP contribution < -0.4 is 5.32 Å². The third-order valence-electron chi connectivity index (χ3n) is 2.06. The van der Waals surface area contributed by atoms with Gasteiger partial charge < -0.3 is 5.32 Å². The average molecular weight is 224 g/mol. The van der Waals surface area contributed by atoms with Gasteiger partial charge in [-0.1, -0.05) is 6.07 Å². The van der Waals surface area contributed by atoms with Crippen LogP contribution in [0.15, 0.2) is 28.4 Å². The lowest BCUT2D eigenvalue weighted by Crippen LogP contribution is -2.17. The molecule has 0 aliphatic heterocycles. The molecule has 1 unspecified atom stereocenters. The Morgan fingerprint density at radius 2 is 2.50 bits per heavy atom. The van der Waals surface area contributed by atoms with Gasteiger partial charge >= 0.3 is 0 Å². The Kier molecular flexibility index (Phi) is 3.29. The molecule has 0 fully saturated rings. The topological polar surface area (TPSA) is 24.9 Å². The van der Waals surface area contributed by atoms with E-state index < -0.39 is 0 Å². The second-order valence-electron chi connectivity index (χ2n) is 3.10. The van der Waals surface area contributed by atoms with Gasteiger partial charge in [-0.2, -0.15) is 0 Å². The Morgan fingerprint density at radius 1 is 1.57 bits per heavy atom. The van der Waals surface area contributed by atoms with Crippen molar-refractivity contribution in [1.82, 2.24) is 10.3 Å². The highest BCUT2D eigenvalue weighted by molar-refractivity contribution is 7.09. The Morgan fingerprint density at radius 3 is 3.14 bits per heavy atom. The minimum Gasteiger partial charge on any atom is -0.304 e. The number of nitrogens with zero attached hydrogens (tertiary/aromatic N) is 1. The van der Waals surface area contributed by atoms with Crippen molar-refractivity contribution in [2.45, 2.75) is 19.5 Å². The van der Waals surface area contributed by atoms with Crippen LogP contribution in [-0.2, 0) is 6.54 Å². The van der Waals surface area contributed by atoms with Gasteiger partial charge in [-0.15, -0.1) is 22.7 Å². The summed E-state index contributed by atoms with van der Waals surface area (Å²) < 4.78 is 0. The fourth-order valence-electron chi connectivity index (χ4n) is 1.21. The quantitative estimate of drug-likeness (QED) is 0.863. The van der Waals surface area contributed by atoms with E-state index in [1.165, 1.54) is 4.88 Å². The first-order valence-electron chi connectivity index (χ1n) is 4.50. The lowest BCUT2D eigenvalue weighted by molar-refractivity contribution is 0.568. The monoisotopic (exact) mass is 224 g/mol. The number of hydrogen-bond acceptors (Lipinski definition) is 4. The van der Waals surface area contributed by atoms with E-state index in [1.54, 1.807) is 22.7 Å². The van der Waals surface area contributed by atoms with Gasteiger partial charge in [0.2, 0.25) is 0 Å². The molecule has 2 rings (SSSR count). The second-order valence-corrected chi connectivity index (χ2v) is 4.85. The van der Waals surface area contributed by atoms with Gasteiger partial charge in [-0.3, -0.25) is 0 Å². The predicted octanol–water partition coefficient (Wildman–Crippen LogP) is 3.06. The molecule has 1 atom stereocenters. The van der Waals surface area contributed by atoms with Gasteiger partial charge in [0, 0.05) is 22.8 Å². The van der Waals surface area contributed by atoms with Crippen LogP contribution in [0, 0.1) is 0 Å². The average Bonchev–Trinajstić information content (AvgIpc) is 2.87. The molecular formula is C10H12N2S2. The van der Waals surface area contributed by atoms with Crippen LogP contribution in [0.25, 0.3) is 0 Å². The summed E-state index contributed by atoms with van der Waals surface area (Å²) in [6, 6.07) is 4.56. The molecule has 1 N–H and O–H groups in total. The zero-order valence-electron chi connectivity index (χ0n) is 7.93. The molecule has 4 heteroatoms. The molecule has 0 aliphatic rings. The fourth-order valence-corrected chi connectivity index (χ4v) is 2.51. The first kappa shape index (κ1) is 9.83. The van der Waals surface area contributed by atoms with E-state index >= 15 is 0 Å². The van der Waals surface area contributed by atoms with Crippen molar-refractivity contribution in [3.63, 3.8) is 0 Å². The first-order chi connectivity index (χ1) is 6.86. The van der Waals surface area contributed by atoms with Crippen LogP contribution in [-0.4, -0.2) is 4.98 Å². The van der Waals surface area contributed by atoms with Gasteiger partial charge in [0.25, 0.3) is 0 Å².